The van der Waals surface area contributed by atoms with Crippen molar-refractivity contribution in [1.82, 2.24) is 0 Å². The second-order valence-corrected chi connectivity index (χ2v) is 6.45. The first-order valence-corrected chi connectivity index (χ1v) is 6.52. The van der Waals surface area contributed by atoms with Crippen molar-refractivity contribution in [3.63, 3.8) is 0 Å². The highest BCUT2D eigenvalue weighted by molar-refractivity contribution is 5.99. The zero-order valence-electron chi connectivity index (χ0n) is 11.8. The Hall–Kier alpha value is -0.930. The van der Waals surface area contributed by atoms with Crippen LogP contribution in [-0.2, 0) is 14.3 Å². The summed E-state index contributed by atoms with van der Waals surface area (Å²) in [6.07, 6.45) is 5.21. The fraction of sp³-hybridized carbons (Fsp3) is 0.667. The van der Waals surface area contributed by atoms with Crippen molar-refractivity contribution in [2.75, 3.05) is 6.61 Å². The minimum atomic E-state index is -1.17. The molecule has 1 saturated heterocycles. The predicted molar refractivity (Wildman–Crippen MR) is 70.1 cm³/mol. The Morgan fingerprint density at radius 2 is 2.00 bits per heavy atom. The first-order chi connectivity index (χ1) is 8.24. The molecule has 0 aromatic rings. The number of ketones is 1. The van der Waals surface area contributed by atoms with Crippen LogP contribution in [0.5, 0.6) is 0 Å². The molecule has 2 atom stereocenters. The lowest BCUT2D eigenvalue weighted by atomic mass is 9.89. The molecule has 2 rings (SSSR count). The van der Waals surface area contributed by atoms with E-state index in [1.165, 1.54) is 0 Å². The van der Waals surface area contributed by atoms with Gasteiger partial charge in [0.25, 0.3) is 5.79 Å². The quantitative estimate of drug-likeness (QED) is 0.718. The molecule has 1 aliphatic heterocycles. The van der Waals surface area contributed by atoms with Gasteiger partial charge in [0.1, 0.15) is 0 Å². The van der Waals surface area contributed by atoms with Crippen LogP contribution in [0.4, 0.5) is 0 Å². The van der Waals surface area contributed by atoms with Gasteiger partial charge in [0.2, 0.25) is 5.78 Å². The molecule has 0 aromatic carbocycles. The summed E-state index contributed by atoms with van der Waals surface area (Å²) in [4.78, 5) is 12.1. The van der Waals surface area contributed by atoms with Gasteiger partial charge < -0.3 is 9.47 Å². The molecule has 1 aliphatic carbocycles. The van der Waals surface area contributed by atoms with E-state index in [1.54, 1.807) is 6.08 Å². The van der Waals surface area contributed by atoms with Crippen LogP contribution in [0.15, 0.2) is 23.8 Å². The topological polar surface area (TPSA) is 35.5 Å². The Morgan fingerprint density at radius 3 is 2.50 bits per heavy atom. The molecule has 0 radical (unpaired) electrons. The van der Waals surface area contributed by atoms with Gasteiger partial charge in [0.15, 0.2) is 0 Å². The third-order valence-electron chi connectivity index (χ3n) is 3.53. The summed E-state index contributed by atoms with van der Waals surface area (Å²) in [7, 11) is 0. The molecular formula is C15H22O3. The van der Waals surface area contributed by atoms with Gasteiger partial charge in [-0.3, -0.25) is 4.79 Å². The van der Waals surface area contributed by atoms with E-state index in [1.807, 2.05) is 12.2 Å². The van der Waals surface area contributed by atoms with Crippen LogP contribution in [0.1, 0.15) is 34.6 Å². The summed E-state index contributed by atoms with van der Waals surface area (Å²) in [6.45, 7) is 10.9. The van der Waals surface area contributed by atoms with Gasteiger partial charge in [-0.2, -0.15) is 0 Å². The maximum absolute atomic E-state index is 12.1. The highest BCUT2D eigenvalue weighted by Gasteiger charge is 2.49. The van der Waals surface area contributed by atoms with Crippen molar-refractivity contribution in [3.8, 4) is 0 Å². The maximum atomic E-state index is 12.1. The molecule has 1 spiro atoms. The van der Waals surface area contributed by atoms with Crippen molar-refractivity contribution in [2.24, 2.45) is 11.3 Å². The summed E-state index contributed by atoms with van der Waals surface area (Å²) in [6, 6.07) is 0. The summed E-state index contributed by atoms with van der Waals surface area (Å²) < 4.78 is 11.7. The average Bonchev–Trinajstić information content (AvgIpc) is 2.67. The van der Waals surface area contributed by atoms with E-state index in [2.05, 4.69) is 34.6 Å². The van der Waals surface area contributed by atoms with Crippen LogP contribution >= 0.6 is 0 Å². The van der Waals surface area contributed by atoms with Crippen molar-refractivity contribution < 1.29 is 14.3 Å². The van der Waals surface area contributed by atoms with E-state index >= 15 is 0 Å². The second-order valence-electron chi connectivity index (χ2n) is 6.45. The Balaban J connectivity index is 2.27. The second kappa shape index (κ2) is 4.32. The number of carbonyl (C=O) groups excluding carboxylic acids is 1. The normalized spacial score (nSPS) is 32.4. The van der Waals surface area contributed by atoms with Crippen LogP contribution in [-0.4, -0.2) is 24.3 Å². The smallest absolute Gasteiger partial charge is 0.254 e. The summed E-state index contributed by atoms with van der Waals surface area (Å²) in [5.74, 6) is -0.933. The molecule has 3 heteroatoms. The van der Waals surface area contributed by atoms with Crippen molar-refractivity contribution in [1.29, 1.82) is 0 Å². The Labute approximate surface area is 109 Å². The molecule has 1 fully saturated rings. The van der Waals surface area contributed by atoms with Crippen LogP contribution in [0, 0.1) is 11.3 Å². The van der Waals surface area contributed by atoms with E-state index in [4.69, 9.17) is 9.47 Å². The molecule has 0 amide bonds. The summed E-state index contributed by atoms with van der Waals surface area (Å²) >= 11 is 0. The fourth-order valence-electron chi connectivity index (χ4n) is 2.10. The van der Waals surface area contributed by atoms with E-state index in [9.17, 15) is 4.79 Å². The van der Waals surface area contributed by atoms with Crippen LogP contribution in [0.2, 0.25) is 0 Å². The molecule has 2 aliphatic rings. The fourth-order valence-corrected chi connectivity index (χ4v) is 2.10. The average molecular weight is 250 g/mol. The zero-order valence-corrected chi connectivity index (χ0v) is 11.8. The molecular weight excluding hydrogens is 228 g/mol. The van der Waals surface area contributed by atoms with E-state index in [0.29, 0.717) is 12.5 Å². The van der Waals surface area contributed by atoms with Crippen LogP contribution < -0.4 is 0 Å². The van der Waals surface area contributed by atoms with E-state index < -0.39 is 5.79 Å². The molecule has 0 aromatic heterocycles. The Morgan fingerprint density at radius 1 is 1.33 bits per heavy atom. The number of allylic oxidation sites excluding steroid dienone is 2. The third-order valence-corrected chi connectivity index (χ3v) is 3.53. The first-order valence-electron chi connectivity index (χ1n) is 6.52. The van der Waals surface area contributed by atoms with Gasteiger partial charge >= 0.3 is 0 Å². The standard InChI is InChI=1S/C15H22O3/c1-10(2)11-6-7-12(16)15(8-11)17-9-13(18-15)14(3,4)5/h6-8,10,13H,9H2,1-5H3/t13-,15+/m1/s1. The number of hydrogen-bond acceptors (Lipinski definition) is 3. The van der Waals surface area contributed by atoms with Gasteiger partial charge in [0, 0.05) is 0 Å². The molecule has 0 unspecified atom stereocenters. The monoisotopic (exact) mass is 250 g/mol. The van der Waals surface area contributed by atoms with Crippen molar-refractivity contribution in [2.45, 2.75) is 46.5 Å². The summed E-state index contributed by atoms with van der Waals surface area (Å²) in [5.41, 5.74) is 1.06. The highest BCUT2D eigenvalue weighted by atomic mass is 16.7. The van der Waals surface area contributed by atoms with E-state index in [0.717, 1.165) is 5.57 Å². The third kappa shape index (κ3) is 2.29. The van der Waals surface area contributed by atoms with Crippen LogP contribution in [0.25, 0.3) is 0 Å². The van der Waals surface area contributed by atoms with Gasteiger partial charge in [0.05, 0.1) is 12.7 Å². The lowest BCUT2D eigenvalue weighted by Gasteiger charge is -2.29. The molecule has 18 heavy (non-hydrogen) atoms. The number of carbonyl (C=O) groups is 1. The Kier molecular flexibility index (Phi) is 3.24. The van der Waals surface area contributed by atoms with Gasteiger partial charge in [-0.05, 0) is 29.1 Å². The lowest BCUT2D eigenvalue weighted by Crippen LogP contribution is -2.41. The first kappa shape index (κ1) is 13.5. The predicted octanol–water partition coefficient (Wildman–Crippen LogP) is 2.87. The number of ether oxygens (including phenoxy) is 2. The van der Waals surface area contributed by atoms with Gasteiger partial charge in [-0.15, -0.1) is 0 Å². The SMILES string of the molecule is CC(C)C1=C[C@@]2(OC[C@H](C(C)(C)C)O2)C(=O)C=C1. The highest BCUT2D eigenvalue weighted by Crippen LogP contribution is 2.38. The van der Waals surface area contributed by atoms with Crippen molar-refractivity contribution in [3.05, 3.63) is 23.8 Å². The zero-order chi connectivity index (χ0) is 13.6. The van der Waals surface area contributed by atoms with E-state index in [-0.39, 0.29) is 17.3 Å². The molecule has 100 valence electrons. The largest absolute Gasteiger partial charge is 0.337 e. The molecule has 3 nitrogen and oxygen atoms in total. The molecule has 0 saturated carbocycles. The Bertz CT molecular complexity index is 412. The van der Waals surface area contributed by atoms with Crippen molar-refractivity contribution >= 4 is 5.78 Å². The minimum absolute atomic E-state index is 0.0310. The molecule has 0 bridgehead atoms. The van der Waals surface area contributed by atoms with Crippen LogP contribution in [0.3, 0.4) is 0 Å². The number of hydrogen-bond donors (Lipinski definition) is 0. The molecule has 1 heterocycles. The summed E-state index contributed by atoms with van der Waals surface area (Å²) in [5, 5.41) is 0. The minimum Gasteiger partial charge on any atom is -0.337 e. The number of rotatable bonds is 1. The maximum Gasteiger partial charge on any atom is 0.254 e. The van der Waals surface area contributed by atoms with Gasteiger partial charge in [-0.25, -0.2) is 0 Å². The lowest BCUT2D eigenvalue weighted by molar-refractivity contribution is -0.167. The van der Waals surface area contributed by atoms with Gasteiger partial charge in [-0.1, -0.05) is 40.7 Å². The molecule has 0 N–H and O–H groups in total.